The van der Waals surface area contributed by atoms with Crippen LogP contribution in [0.15, 0.2) is 22.7 Å². The quantitative estimate of drug-likeness (QED) is 0.866. The maximum atomic E-state index is 12.0. The van der Waals surface area contributed by atoms with E-state index in [2.05, 4.69) is 21.2 Å². The molecular weight excluding hydrogens is 320 g/mol. The lowest BCUT2D eigenvalue weighted by Gasteiger charge is -2.21. The lowest BCUT2D eigenvalue weighted by molar-refractivity contribution is -0.129. The smallest absolute Gasteiger partial charge is 0.236 e. The number of benzene rings is 1. The highest BCUT2D eigenvalue weighted by Gasteiger charge is 2.20. The van der Waals surface area contributed by atoms with Crippen molar-refractivity contribution in [2.45, 2.75) is 32.2 Å². The molecule has 1 aromatic carbocycles. The van der Waals surface area contributed by atoms with Crippen LogP contribution in [0.5, 0.6) is 5.75 Å². The minimum absolute atomic E-state index is 0.0148. The zero-order chi connectivity index (χ0) is 14.5. The van der Waals surface area contributed by atoms with Gasteiger partial charge in [-0.25, -0.2) is 0 Å². The number of aromatic hydroxyl groups is 1. The van der Waals surface area contributed by atoms with E-state index in [1.54, 1.807) is 12.1 Å². The molecule has 0 saturated carbocycles. The Bertz CT molecular complexity index is 473. The number of nitrogens with zero attached hydrogens (tertiary/aromatic N) is 1. The predicted octanol–water partition coefficient (Wildman–Crippen LogP) is 2.82. The minimum atomic E-state index is -0.0148. The molecule has 1 heterocycles. The lowest BCUT2D eigenvalue weighted by atomic mass is 10.0. The molecule has 0 spiro atoms. The number of carbonyl (C=O) groups excluding carboxylic acids is 1. The van der Waals surface area contributed by atoms with Crippen LogP contribution in [0.25, 0.3) is 0 Å². The molecular formula is C15H21BrN2O2. The average molecular weight is 341 g/mol. The van der Waals surface area contributed by atoms with E-state index in [1.165, 1.54) is 0 Å². The second-order valence-corrected chi connectivity index (χ2v) is 6.05. The fraction of sp³-hybridized carbons (Fsp3) is 0.533. The number of carbonyl (C=O) groups is 1. The van der Waals surface area contributed by atoms with Gasteiger partial charge in [-0.1, -0.05) is 22.9 Å². The number of hydrogen-bond donors (Lipinski definition) is 2. The van der Waals surface area contributed by atoms with Crippen molar-refractivity contribution in [3.05, 3.63) is 28.2 Å². The van der Waals surface area contributed by atoms with Crippen LogP contribution in [0.1, 0.15) is 37.8 Å². The first-order chi connectivity index (χ1) is 9.61. The molecule has 1 fully saturated rings. The summed E-state index contributed by atoms with van der Waals surface area (Å²) in [5.41, 5.74) is 0.830. The highest BCUT2D eigenvalue weighted by atomic mass is 79.9. The Balaban J connectivity index is 1.98. The topological polar surface area (TPSA) is 52.6 Å². The Hall–Kier alpha value is -1.07. The highest BCUT2D eigenvalue weighted by Crippen LogP contribution is 2.29. The van der Waals surface area contributed by atoms with Crippen molar-refractivity contribution >= 4 is 21.8 Å². The summed E-state index contributed by atoms with van der Waals surface area (Å²) < 4.78 is 0.927. The van der Waals surface area contributed by atoms with Crippen molar-refractivity contribution in [2.24, 2.45) is 0 Å². The molecule has 0 aliphatic carbocycles. The van der Waals surface area contributed by atoms with E-state index in [9.17, 15) is 9.90 Å². The minimum Gasteiger partial charge on any atom is -0.508 e. The molecule has 5 heteroatoms. The van der Waals surface area contributed by atoms with Crippen molar-refractivity contribution in [2.75, 3.05) is 19.6 Å². The van der Waals surface area contributed by atoms with Gasteiger partial charge in [-0.15, -0.1) is 0 Å². The largest absolute Gasteiger partial charge is 0.508 e. The summed E-state index contributed by atoms with van der Waals surface area (Å²) in [6.45, 7) is 4.11. The normalized spacial score (nSPS) is 16.4. The summed E-state index contributed by atoms with van der Waals surface area (Å²) in [6.07, 6.45) is 3.03. The maximum absolute atomic E-state index is 12.0. The molecule has 1 saturated heterocycles. The fourth-order valence-corrected chi connectivity index (χ4v) is 2.95. The molecule has 1 aliphatic rings. The van der Waals surface area contributed by atoms with Crippen LogP contribution in [-0.2, 0) is 4.79 Å². The van der Waals surface area contributed by atoms with Gasteiger partial charge < -0.3 is 15.3 Å². The fourth-order valence-electron chi connectivity index (χ4n) is 2.57. The number of phenols is 1. The van der Waals surface area contributed by atoms with E-state index in [0.717, 1.165) is 42.4 Å². The number of rotatable bonds is 5. The summed E-state index contributed by atoms with van der Waals surface area (Å²) in [4.78, 5) is 13.9. The van der Waals surface area contributed by atoms with Gasteiger partial charge in [0.15, 0.2) is 0 Å². The van der Waals surface area contributed by atoms with Gasteiger partial charge in [-0.2, -0.15) is 0 Å². The van der Waals surface area contributed by atoms with Gasteiger partial charge in [-0.05, 0) is 37.5 Å². The van der Waals surface area contributed by atoms with E-state index in [0.29, 0.717) is 6.54 Å². The summed E-state index contributed by atoms with van der Waals surface area (Å²) in [5.74, 6) is 0.414. The molecule has 4 nitrogen and oxygen atoms in total. The monoisotopic (exact) mass is 340 g/mol. The third-order valence-electron chi connectivity index (χ3n) is 3.73. The zero-order valence-corrected chi connectivity index (χ0v) is 13.3. The Morgan fingerprint density at radius 1 is 1.45 bits per heavy atom. The predicted molar refractivity (Wildman–Crippen MR) is 82.7 cm³/mol. The first kappa shape index (κ1) is 15.3. The van der Waals surface area contributed by atoms with Crippen molar-refractivity contribution in [3.8, 4) is 5.75 Å². The molecule has 0 aromatic heterocycles. The van der Waals surface area contributed by atoms with E-state index < -0.39 is 0 Å². The van der Waals surface area contributed by atoms with Gasteiger partial charge in [-0.3, -0.25) is 4.79 Å². The van der Waals surface area contributed by atoms with Gasteiger partial charge in [0.2, 0.25) is 5.91 Å². The van der Waals surface area contributed by atoms with Crippen LogP contribution in [0.4, 0.5) is 0 Å². The molecule has 2 N–H and O–H groups in total. The van der Waals surface area contributed by atoms with E-state index in [-0.39, 0.29) is 17.7 Å². The van der Waals surface area contributed by atoms with Gasteiger partial charge in [0.05, 0.1) is 6.54 Å². The van der Waals surface area contributed by atoms with Crippen LogP contribution in [0.3, 0.4) is 0 Å². The third kappa shape index (κ3) is 3.73. The second-order valence-electron chi connectivity index (χ2n) is 5.13. The van der Waals surface area contributed by atoms with Crippen molar-refractivity contribution < 1.29 is 9.90 Å². The third-order valence-corrected chi connectivity index (χ3v) is 4.22. The van der Waals surface area contributed by atoms with Crippen LogP contribution in [0, 0.1) is 0 Å². The molecule has 0 radical (unpaired) electrons. The SMILES string of the molecule is CCC(NCC(=O)N1CCCC1)c1cc(Br)ccc1O. The Morgan fingerprint density at radius 2 is 2.15 bits per heavy atom. The Labute approximate surface area is 128 Å². The van der Waals surface area contributed by atoms with Gasteiger partial charge in [0.25, 0.3) is 0 Å². The number of likely N-dealkylation sites (tertiary alicyclic amines) is 1. The van der Waals surface area contributed by atoms with E-state index in [4.69, 9.17) is 0 Å². The number of phenolic OH excluding ortho intramolecular Hbond substituents is 1. The standard InChI is InChI=1S/C15H21BrN2O2/c1-2-13(12-9-11(16)5-6-14(12)19)17-10-15(20)18-7-3-4-8-18/h5-6,9,13,17,19H,2-4,7-8,10H2,1H3. The Kier molecular flexibility index (Phi) is 5.43. The van der Waals surface area contributed by atoms with Crippen molar-refractivity contribution in [1.29, 1.82) is 0 Å². The van der Waals surface area contributed by atoms with Crippen LogP contribution >= 0.6 is 15.9 Å². The van der Waals surface area contributed by atoms with Gasteiger partial charge in [0.1, 0.15) is 5.75 Å². The molecule has 1 amide bonds. The summed E-state index contributed by atoms with van der Waals surface area (Å²) in [5, 5.41) is 13.2. The molecule has 1 unspecified atom stereocenters. The highest BCUT2D eigenvalue weighted by molar-refractivity contribution is 9.10. The molecule has 110 valence electrons. The first-order valence-corrected chi connectivity index (χ1v) is 7.90. The zero-order valence-electron chi connectivity index (χ0n) is 11.7. The van der Waals surface area contributed by atoms with Crippen LogP contribution in [0.2, 0.25) is 0 Å². The molecule has 1 aliphatic heterocycles. The molecule has 0 bridgehead atoms. The number of nitrogens with one attached hydrogen (secondary N) is 1. The number of amides is 1. The molecule has 20 heavy (non-hydrogen) atoms. The first-order valence-electron chi connectivity index (χ1n) is 7.11. The maximum Gasteiger partial charge on any atom is 0.236 e. The molecule has 1 aromatic rings. The molecule has 1 atom stereocenters. The Morgan fingerprint density at radius 3 is 2.80 bits per heavy atom. The average Bonchev–Trinajstić information content (AvgIpc) is 2.97. The van der Waals surface area contributed by atoms with Crippen molar-refractivity contribution in [1.82, 2.24) is 10.2 Å². The number of hydrogen-bond acceptors (Lipinski definition) is 3. The summed E-state index contributed by atoms with van der Waals surface area (Å²) in [7, 11) is 0. The van der Waals surface area contributed by atoms with Gasteiger partial charge >= 0.3 is 0 Å². The van der Waals surface area contributed by atoms with Crippen LogP contribution in [-0.4, -0.2) is 35.5 Å². The molecule has 2 rings (SSSR count). The van der Waals surface area contributed by atoms with Gasteiger partial charge in [0, 0.05) is 29.2 Å². The lowest BCUT2D eigenvalue weighted by Crippen LogP contribution is -2.37. The van der Waals surface area contributed by atoms with E-state index in [1.807, 2.05) is 17.9 Å². The second kappa shape index (κ2) is 7.09. The summed E-state index contributed by atoms with van der Waals surface area (Å²) >= 11 is 3.41. The summed E-state index contributed by atoms with van der Waals surface area (Å²) in [6, 6.07) is 5.36. The van der Waals surface area contributed by atoms with Crippen LogP contribution < -0.4 is 5.32 Å². The van der Waals surface area contributed by atoms with E-state index >= 15 is 0 Å². The number of halogens is 1. The van der Waals surface area contributed by atoms with Crippen molar-refractivity contribution in [3.63, 3.8) is 0 Å².